The highest BCUT2D eigenvalue weighted by atomic mass is 16.7. The number of rotatable bonds is 2. The maximum Gasteiger partial charge on any atom is 0.184 e. The number of hydrogen-bond acceptors (Lipinski definition) is 3. The fourth-order valence-electron chi connectivity index (χ4n) is 1.72. The standard InChI is InChI=1S/C12H14O3/c1-9-10(8-13)4-2-5-11(9)12-14-6-3-7-15-12/h2,4-5,8,12H,3,6-7H2,1H3. The third-order valence-electron chi connectivity index (χ3n) is 2.63. The minimum absolute atomic E-state index is 0.307. The van der Waals surface area contributed by atoms with E-state index in [1.165, 1.54) is 0 Å². The Balaban J connectivity index is 2.30. The molecule has 80 valence electrons. The maximum absolute atomic E-state index is 10.8. The van der Waals surface area contributed by atoms with Gasteiger partial charge in [-0.3, -0.25) is 4.79 Å². The average molecular weight is 206 g/mol. The van der Waals surface area contributed by atoms with Crippen LogP contribution < -0.4 is 0 Å². The molecule has 15 heavy (non-hydrogen) atoms. The van der Waals surface area contributed by atoms with E-state index in [2.05, 4.69) is 0 Å². The van der Waals surface area contributed by atoms with E-state index in [9.17, 15) is 4.79 Å². The summed E-state index contributed by atoms with van der Waals surface area (Å²) in [6, 6.07) is 5.60. The largest absolute Gasteiger partial charge is 0.348 e. The molecule has 1 aromatic carbocycles. The lowest BCUT2D eigenvalue weighted by Gasteiger charge is -2.25. The molecule has 1 aliphatic heterocycles. The Hall–Kier alpha value is -1.19. The van der Waals surface area contributed by atoms with Crippen molar-refractivity contribution in [2.75, 3.05) is 13.2 Å². The Kier molecular flexibility index (Phi) is 3.14. The first-order valence-corrected chi connectivity index (χ1v) is 5.11. The monoisotopic (exact) mass is 206 g/mol. The van der Waals surface area contributed by atoms with E-state index in [1.54, 1.807) is 6.07 Å². The van der Waals surface area contributed by atoms with Crippen molar-refractivity contribution in [3.63, 3.8) is 0 Å². The normalized spacial score (nSPS) is 17.7. The van der Waals surface area contributed by atoms with Crippen molar-refractivity contribution in [3.8, 4) is 0 Å². The van der Waals surface area contributed by atoms with Gasteiger partial charge in [0.25, 0.3) is 0 Å². The number of carbonyl (C=O) groups is 1. The highest BCUT2D eigenvalue weighted by Gasteiger charge is 2.19. The number of benzene rings is 1. The molecule has 1 aromatic rings. The second-order valence-corrected chi connectivity index (χ2v) is 3.61. The van der Waals surface area contributed by atoms with Gasteiger partial charge in [-0.25, -0.2) is 0 Å². The molecule has 0 bridgehead atoms. The lowest BCUT2D eigenvalue weighted by molar-refractivity contribution is -0.183. The molecule has 0 radical (unpaired) electrons. The molecule has 2 rings (SSSR count). The summed E-state index contributed by atoms with van der Waals surface area (Å²) in [5.74, 6) is 0. The van der Waals surface area contributed by atoms with E-state index < -0.39 is 0 Å². The first-order chi connectivity index (χ1) is 7.33. The van der Waals surface area contributed by atoms with Gasteiger partial charge in [-0.15, -0.1) is 0 Å². The van der Waals surface area contributed by atoms with Crippen molar-refractivity contribution < 1.29 is 14.3 Å². The number of ether oxygens (including phenoxy) is 2. The summed E-state index contributed by atoms with van der Waals surface area (Å²) in [7, 11) is 0. The van der Waals surface area contributed by atoms with Gasteiger partial charge in [0.1, 0.15) is 6.29 Å². The maximum atomic E-state index is 10.8. The van der Waals surface area contributed by atoms with Crippen LogP contribution in [0, 0.1) is 6.92 Å². The topological polar surface area (TPSA) is 35.5 Å². The Bertz CT molecular complexity index is 354. The Morgan fingerprint density at radius 2 is 2.07 bits per heavy atom. The molecular formula is C12H14O3. The predicted octanol–water partition coefficient (Wildman–Crippen LogP) is 2.24. The lowest BCUT2D eigenvalue weighted by Crippen LogP contribution is -2.18. The molecule has 0 N–H and O–H groups in total. The Morgan fingerprint density at radius 1 is 1.33 bits per heavy atom. The zero-order valence-corrected chi connectivity index (χ0v) is 8.73. The smallest absolute Gasteiger partial charge is 0.184 e. The van der Waals surface area contributed by atoms with E-state index in [1.807, 2.05) is 19.1 Å². The molecule has 1 aliphatic rings. The molecule has 0 spiro atoms. The van der Waals surface area contributed by atoms with Gasteiger partial charge >= 0.3 is 0 Å². The second-order valence-electron chi connectivity index (χ2n) is 3.61. The minimum Gasteiger partial charge on any atom is -0.348 e. The summed E-state index contributed by atoms with van der Waals surface area (Å²) >= 11 is 0. The molecule has 0 unspecified atom stereocenters. The Morgan fingerprint density at radius 3 is 2.73 bits per heavy atom. The summed E-state index contributed by atoms with van der Waals surface area (Å²) in [5.41, 5.74) is 2.60. The van der Waals surface area contributed by atoms with Crippen molar-refractivity contribution >= 4 is 6.29 Å². The fourth-order valence-corrected chi connectivity index (χ4v) is 1.72. The zero-order chi connectivity index (χ0) is 10.7. The zero-order valence-electron chi connectivity index (χ0n) is 8.73. The molecule has 1 saturated heterocycles. The lowest BCUT2D eigenvalue weighted by atomic mass is 10.0. The van der Waals surface area contributed by atoms with Crippen molar-refractivity contribution in [3.05, 3.63) is 34.9 Å². The Labute approximate surface area is 89.0 Å². The molecule has 0 aromatic heterocycles. The van der Waals surface area contributed by atoms with Crippen LogP contribution in [0.4, 0.5) is 0 Å². The van der Waals surface area contributed by atoms with Gasteiger partial charge in [-0.2, -0.15) is 0 Å². The van der Waals surface area contributed by atoms with Crippen LogP contribution in [0.25, 0.3) is 0 Å². The fraction of sp³-hybridized carbons (Fsp3) is 0.417. The van der Waals surface area contributed by atoms with Crippen molar-refractivity contribution in [2.45, 2.75) is 19.6 Å². The highest BCUT2D eigenvalue weighted by molar-refractivity contribution is 5.77. The predicted molar refractivity (Wildman–Crippen MR) is 55.8 cm³/mol. The molecule has 0 atom stereocenters. The summed E-state index contributed by atoms with van der Waals surface area (Å²) in [4.78, 5) is 10.8. The molecule has 3 heteroatoms. The van der Waals surface area contributed by atoms with E-state index in [0.29, 0.717) is 5.56 Å². The van der Waals surface area contributed by atoms with Crippen LogP contribution in [-0.2, 0) is 9.47 Å². The molecule has 0 saturated carbocycles. The number of aldehydes is 1. The van der Waals surface area contributed by atoms with Gasteiger partial charge < -0.3 is 9.47 Å². The molecular weight excluding hydrogens is 192 g/mol. The summed E-state index contributed by atoms with van der Waals surface area (Å²) in [6.07, 6.45) is 1.49. The van der Waals surface area contributed by atoms with Gasteiger partial charge in [-0.1, -0.05) is 18.2 Å². The van der Waals surface area contributed by atoms with Crippen LogP contribution in [0.5, 0.6) is 0 Å². The average Bonchev–Trinajstić information content (AvgIpc) is 2.30. The third-order valence-corrected chi connectivity index (χ3v) is 2.63. The van der Waals surface area contributed by atoms with Crippen molar-refractivity contribution in [2.24, 2.45) is 0 Å². The number of hydrogen-bond donors (Lipinski definition) is 0. The van der Waals surface area contributed by atoms with E-state index in [-0.39, 0.29) is 6.29 Å². The molecule has 0 amide bonds. The van der Waals surface area contributed by atoms with Gasteiger partial charge in [0.15, 0.2) is 6.29 Å². The first kappa shape index (κ1) is 10.3. The van der Waals surface area contributed by atoms with E-state index in [4.69, 9.17) is 9.47 Å². The highest BCUT2D eigenvalue weighted by Crippen LogP contribution is 2.26. The molecule has 1 heterocycles. The first-order valence-electron chi connectivity index (χ1n) is 5.11. The summed E-state index contributed by atoms with van der Waals surface area (Å²) in [5, 5.41) is 0. The third kappa shape index (κ3) is 2.08. The molecule has 0 aliphatic carbocycles. The molecule has 3 nitrogen and oxygen atoms in total. The van der Waals surface area contributed by atoms with Gasteiger partial charge in [0.05, 0.1) is 13.2 Å². The minimum atomic E-state index is -0.307. The van der Waals surface area contributed by atoms with Gasteiger partial charge in [0, 0.05) is 11.1 Å². The van der Waals surface area contributed by atoms with Crippen LogP contribution in [0.3, 0.4) is 0 Å². The van der Waals surface area contributed by atoms with Crippen molar-refractivity contribution in [1.29, 1.82) is 0 Å². The SMILES string of the molecule is Cc1c(C=O)cccc1C1OCCCO1. The second kappa shape index (κ2) is 4.55. The van der Waals surface area contributed by atoms with Crippen LogP contribution in [0.15, 0.2) is 18.2 Å². The van der Waals surface area contributed by atoms with E-state index in [0.717, 1.165) is 37.0 Å². The van der Waals surface area contributed by atoms with Gasteiger partial charge in [0.2, 0.25) is 0 Å². The van der Waals surface area contributed by atoms with Crippen LogP contribution in [0.1, 0.15) is 34.2 Å². The van der Waals surface area contributed by atoms with E-state index >= 15 is 0 Å². The summed E-state index contributed by atoms with van der Waals surface area (Å²) in [6.45, 7) is 3.35. The molecule has 1 fully saturated rings. The van der Waals surface area contributed by atoms with Crippen LogP contribution in [0.2, 0.25) is 0 Å². The quantitative estimate of drug-likeness (QED) is 0.696. The number of carbonyl (C=O) groups excluding carboxylic acids is 1. The van der Waals surface area contributed by atoms with Crippen LogP contribution >= 0.6 is 0 Å². The van der Waals surface area contributed by atoms with Crippen molar-refractivity contribution in [1.82, 2.24) is 0 Å². The van der Waals surface area contributed by atoms with Crippen LogP contribution in [-0.4, -0.2) is 19.5 Å². The van der Waals surface area contributed by atoms with Gasteiger partial charge in [-0.05, 0) is 18.9 Å². The summed E-state index contributed by atoms with van der Waals surface area (Å²) < 4.78 is 11.0.